The van der Waals surface area contributed by atoms with Crippen LogP contribution in [0.4, 0.5) is 0 Å². The van der Waals surface area contributed by atoms with Crippen LogP contribution in [0.2, 0.25) is 0 Å². The second kappa shape index (κ2) is 6.67. The molecule has 0 aromatic heterocycles. The minimum absolute atomic E-state index is 0.187. The van der Waals surface area contributed by atoms with Gasteiger partial charge in [-0.15, -0.1) is 0 Å². The molecule has 2 unspecified atom stereocenters. The summed E-state index contributed by atoms with van der Waals surface area (Å²) in [6.07, 6.45) is 1.44. The predicted molar refractivity (Wildman–Crippen MR) is 84.0 cm³/mol. The lowest BCUT2D eigenvalue weighted by atomic mass is 9.64. The highest BCUT2D eigenvalue weighted by Gasteiger charge is 2.48. The van der Waals surface area contributed by atoms with Gasteiger partial charge in [-0.1, -0.05) is 19.9 Å². The van der Waals surface area contributed by atoms with Gasteiger partial charge in [0.25, 0.3) is 0 Å². The van der Waals surface area contributed by atoms with Crippen molar-refractivity contribution in [2.75, 3.05) is 20.8 Å². The molecule has 0 heterocycles. The van der Waals surface area contributed by atoms with Gasteiger partial charge in [-0.2, -0.15) is 0 Å². The molecule has 4 nitrogen and oxygen atoms in total. The van der Waals surface area contributed by atoms with Crippen LogP contribution >= 0.6 is 0 Å². The van der Waals surface area contributed by atoms with Crippen LogP contribution in [0.1, 0.15) is 32.8 Å². The molecule has 2 atom stereocenters. The van der Waals surface area contributed by atoms with E-state index < -0.39 is 0 Å². The van der Waals surface area contributed by atoms with E-state index in [1.807, 2.05) is 12.1 Å². The Kier molecular flexibility index (Phi) is 5.12. The number of nitrogens with one attached hydrogen (secondary N) is 1. The largest absolute Gasteiger partial charge is 0.493 e. The molecule has 1 saturated carbocycles. The van der Waals surface area contributed by atoms with E-state index in [2.05, 4.69) is 32.2 Å². The van der Waals surface area contributed by atoms with Gasteiger partial charge >= 0.3 is 0 Å². The SMILES string of the molecule is CCOC1CC(NCc2ccc(OC)c(OC)c2)C1(C)C. The van der Waals surface area contributed by atoms with Crippen molar-refractivity contribution in [3.63, 3.8) is 0 Å². The molecular weight excluding hydrogens is 266 g/mol. The Labute approximate surface area is 127 Å². The fourth-order valence-corrected chi connectivity index (χ4v) is 2.95. The van der Waals surface area contributed by atoms with Crippen molar-refractivity contribution in [3.8, 4) is 11.5 Å². The Morgan fingerprint density at radius 2 is 1.90 bits per heavy atom. The Balaban J connectivity index is 1.92. The average Bonchev–Trinajstić information content (AvgIpc) is 2.49. The highest BCUT2D eigenvalue weighted by molar-refractivity contribution is 5.42. The van der Waals surface area contributed by atoms with Crippen molar-refractivity contribution in [1.29, 1.82) is 0 Å². The van der Waals surface area contributed by atoms with Gasteiger partial charge in [0.2, 0.25) is 0 Å². The fourth-order valence-electron chi connectivity index (χ4n) is 2.95. The molecule has 21 heavy (non-hydrogen) atoms. The first-order chi connectivity index (χ1) is 10.0. The molecule has 1 aliphatic rings. The molecule has 1 fully saturated rings. The summed E-state index contributed by atoms with van der Waals surface area (Å²) in [5.74, 6) is 1.54. The first-order valence-corrected chi connectivity index (χ1v) is 7.58. The second-order valence-electron chi connectivity index (χ2n) is 6.12. The molecule has 0 spiro atoms. The highest BCUT2D eigenvalue weighted by atomic mass is 16.5. The zero-order chi connectivity index (χ0) is 15.5. The van der Waals surface area contributed by atoms with Crippen LogP contribution in [-0.4, -0.2) is 33.0 Å². The van der Waals surface area contributed by atoms with E-state index in [0.29, 0.717) is 12.1 Å². The maximum Gasteiger partial charge on any atom is 0.161 e. The van der Waals surface area contributed by atoms with Crippen LogP contribution in [0.3, 0.4) is 0 Å². The van der Waals surface area contributed by atoms with E-state index in [9.17, 15) is 0 Å². The van der Waals surface area contributed by atoms with E-state index in [0.717, 1.165) is 31.1 Å². The minimum Gasteiger partial charge on any atom is -0.493 e. The lowest BCUT2D eigenvalue weighted by Crippen LogP contribution is -2.60. The maximum absolute atomic E-state index is 5.77. The third kappa shape index (κ3) is 3.33. The Morgan fingerprint density at radius 3 is 2.48 bits per heavy atom. The molecule has 1 aromatic rings. The number of hydrogen-bond acceptors (Lipinski definition) is 4. The zero-order valence-electron chi connectivity index (χ0n) is 13.7. The fraction of sp³-hybridized carbons (Fsp3) is 0.647. The Morgan fingerprint density at radius 1 is 1.19 bits per heavy atom. The van der Waals surface area contributed by atoms with Crippen molar-refractivity contribution in [2.24, 2.45) is 5.41 Å². The number of hydrogen-bond donors (Lipinski definition) is 1. The monoisotopic (exact) mass is 293 g/mol. The number of benzene rings is 1. The molecule has 0 aliphatic heterocycles. The van der Waals surface area contributed by atoms with Crippen LogP contribution in [0, 0.1) is 5.41 Å². The Bertz CT molecular complexity index is 473. The lowest BCUT2D eigenvalue weighted by molar-refractivity contribution is -0.114. The number of ether oxygens (including phenoxy) is 3. The molecule has 4 heteroatoms. The van der Waals surface area contributed by atoms with E-state index in [-0.39, 0.29) is 5.41 Å². The van der Waals surface area contributed by atoms with Gasteiger partial charge in [0.05, 0.1) is 20.3 Å². The van der Waals surface area contributed by atoms with Gasteiger partial charge in [-0.3, -0.25) is 0 Å². The highest BCUT2D eigenvalue weighted by Crippen LogP contribution is 2.42. The summed E-state index contributed by atoms with van der Waals surface area (Å²) in [4.78, 5) is 0. The zero-order valence-corrected chi connectivity index (χ0v) is 13.7. The number of rotatable bonds is 7. The Hall–Kier alpha value is -1.26. The summed E-state index contributed by atoms with van der Waals surface area (Å²) >= 11 is 0. The smallest absolute Gasteiger partial charge is 0.161 e. The third-order valence-corrected chi connectivity index (χ3v) is 4.55. The average molecular weight is 293 g/mol. The van der Waals surface area contributed by atoms with Gasteiger partial charge in [0.1, 0.15) is 0 Å². The van der Waals surface area contributed by atoms with Crippen molar-refractivity contribution in [2.45, 2.75) is 45.9 Å². The summed E-state index contributed by atoms with van der Waals surface area (Å²) in [6, 6.07) is 6.53. The number of methoxy groups -OCH3 is 2. The normalized spacial score (nSPS) is 23.5. The lowest BCUT2D eigenvalue weighted by Gasteiger charge is -2.52. The summed E-state index contributed by atoms with van der Waals surface area (Å²) in [6.45, 7) is 8.20. The van der Waals surface area contributed by atoms with Crippen LogP contribution in [0.15, 0.2) is 18.2 Å². The molecule has 0 radical (unpaired) electrons. The molecule has 0 amide bonds. The van der Waals surface area contributed by atoms with Gasteiger partial charge < -0.3 is 19.5 Å². The van der Waals surface area contributed by atoms with Crippen molar-refractivity contribution in [3.05, 3.63) is 23.8 Å². The second-order valence-corrected chi connectivity index (χ2v) is 6.12. The van der Waals surface area contributed by atoms with Crippen molar-refractivity contribution in [1.82, 2.24) is 5.32 Å². The molecule has 0 saturated heterocycles. The third-order valence-electron chi connectivity index (χ3n) is 4.55. The van der Waals surface area contributed by atoms with Crippen LogP contribution in [0.5, 0.6) is 11.5 Å². The summed E-state index contributed by atoms with van der Waals surface area (Å²) in [5, 5.41) is 3.63. The van der Waals surface area contributed by atoms with Gasteiger partial charge in [0, 0.05) is 24.6 Å². The first-order valence-electron chi connectivity index (χ1n) is 7.58. The van der Waals surface area contributed by atoms with Crippen molar-refractivity contribution >= 4 is 0 Å². The molecular formula is C17H27NO3. The predicted octanol–water partition coefficient (Wildman–Crippen LogP) is 3.00. The van der Waals surface area contributed by atoms with Gasteiger partial charge in [-0.05, 0) is 31.0 Å². The van der Waals surface area contributed by atoms with Crippen LogP contribution in [0.25, 0.3) is 0 Å². The molecule has 1 aliphatic carbocycles. The van der Waals surface area contributed by atoms with E-state index >= 15 is 0 Å². The van der Waals surface area contributed by atoms with Crippen LogP contribution < -0.4 is 14.8 Å². The maximum atomic E-state index is 5.77. The molecule has 0 bridgehead atoms. The summed E-state index contributed by atoms with van der Waals surface area (Å²) in [7, 11) is 3.32. The first kappa shape index (κ1) is 16.1. The van der Waals surface area contributed by atoms with E-state index in [1.54, 1.807) is 14.2 Å². The minimum atomic E-state index is 0.187. The van der Waals surface area contributed by atoms with Crippen molar-refractivity contribution < 1.29 is 14.2 Å². The van der Waals surface area contributed by atoms with Crippen LogP contribution in [-0.2, 0) is 11.3 Å². The van der Waals surface area contributed by atoms with E-state index in [4.69, 9.17) is 14.2 Å². The molecule has 118 valence electrons. The standard InChI is InChI=1S/C17H27NO3/c1-6-21-16-10-15(17(16,2)3)18-11-12-7-8-13(19-4)14(9-12)20-5/h7-9,15-16,18H,6,10-11H2,1-5H3. The summed E-state index contributed by atoms with van der Waals surface area (Å²) < 4.78 is 16.4. The quantitative estimate of drug-likeness (QED) is 0.839. The van der Waals surface area contributed by atoms with E-state index in [1.165, 1.54) is 5.56 Å². The molecule has 1 N–H and O–H groups in total. The molecule has 1 aromatic carbocycles. The topological polar surface area (TPSA) is 39.7 Å². The molecule has 2 rings (SSSR count). The van der Waals surface area contributed by atoms with Gasteiger partial charge in [-0.25, -0.2) is 0 Å². The van der Waals surface area contributed by atoms with Gasteiger partial charge in [0.15, 0.2) is 11.5 Å². The summed E-state index contributed by atoms with van der Waals surface area (Å²) in [5.41, 5.74) is 1.38.